The third-order valence-corrected chi connectivity index (χ3v) is 2.51. The number of nitrogens with two attached hydrogens (primary N) is 1. The van der Waals surface area contributed by atoms with Crippen LogP contribution >= 0.6 is 0 Å². The Labute approximate surface area is 93.2 Å². The number of nitrogen functional groups attached to an aromatic ring is 1. The van der Waals surface area contributed by atoms with E-state index in [9.17, 15) is 9.50 Å². The topological polar surface area (TPSA) is 46.2 Å². The van der Waals surface area contributed by atoms with Gasteiger partial charge < -0.3 is 10.8 Å². The summed E-state index contributed by atoms with van der Waals surface area (Å²) in [7, 11) is 0. The van der Waals surface area contributed by atoms with Gasteiger partial charge >= 0.3 is 0 Å². The largest absolute Gasteiger partial charge is 0.506 e. The van der Waals surface area contributed by atoms with Crippen molar-refractivity contribution < 1.29 is 9.50 Å². The van der Waals surface area contributed by atoms with Gasteiger partial charge in [0, 0.05) is 6.42 Å². The molecule has 0 saturated heterocycles. The molecule has 16 heavy (non-hydrogen) atoms. The Hall–Kier alpha value is -2.03. The van der Waals surface area contributed by atoms with E-state index >= 15 is 0 Å². The van der Waals surface area contributed by atoms with Gasteiger partial charge in [-0.3, -0.25) is 0 Å². The second kappa shape index (κ2) is 4.23. The summed E-state index contributed by atoms with van der Waals surface area (Å²) in [4.78, 5) is 0. The Morgan fingerprint density at radius 2 is 1.69 bits per heavy atom. The minimum absolute atomic E-state index is 0.0360. The molecule has 0 atom stereocenters. The predicted octanol–water partition coefficient (Wildman–Crippen LogP) is 2.70. The zero-order valence-electron chi connectivity index (χ0n) is 8.65. The number of phenolic OH excluding ortho intramolecular Hbond substituents is 1. The monoisotopic (exact) mass is 217 g/mol. The van der Waals surface area contributed by atoms with E-state index in [-0.39, 0.29) is 11.6 Å². The number of anilines is 1. The van der Waals surface area contributed by atoms with Crippen molar-refractivity contribution in [1.82, 2.24) is 0 Å². The number of para-hydroxylation sites is 1. The molecule has 2 nitrogen and oxygen atoms in total. The molecule has 0 fully saturated rings. The third-order valence-electron chi connectivity index (χ3n) is 2.51. The zero-order valence-corrected chi connectivity index (χ0v) is 8.65. The quantitative estimate of drug-likeness (QED) is 0.600. The van der Waals surface area contributed by atoms with Gasteiger partial charge in [0.2, 0.25) is 0 Å². The van der Waals surface area contributed by atoms with E-state index < -0.39 is 0 Å². The van der Waals surface area contributed by atoms with E-state index in [1.807, 2.05) is 0 Å². The van der Waals surface area contributed by atoms with Gasteiger partial charge in [0.05, 0.1) is 5.69 Å². The summed E-state index contributed by atoms with van der Waals surface area (Å²) in [5.74, 6) is -0.223. The Bertz CT molecular complexity index is 511. The van der Waals surface area contributed by atoms with Crippen LogP contribution in [0.1, 0.15) is 11.1 Å². The van der Waals surface area contributed by atoms with E-state index in [1.54, 1.807) is 30.3 Å². The molecule has 0 aromatic heterocycles. The molecule has 0 heterocycles. The summed E-state index contributed by atoms with van der Waals surface area (Å²) < 4.78 is 13.4. The summed E-state index contributed by atoms with van der Waals surface area (Å²) >= 11 is 0. The second-order valence-electron chi connectivity index (χ2n) is 3.62. The maximum atomic E-state index is 13.4. The lowest BCUT2D eigenvalue weighted by Crippen LogP contribution is -1.97. The van der Waals surface area contributed by atoms with Gasteiger partial charge in [-0.15, -0.1) is 0 Å². The number of halogens is 1. The highest BCUT2D eigenvalue weighted by molar-refractivity contribution is 5.58. The zero-order chi connectivity index (χ0) is 11.5. The summed E-state index contributed by atoms with van der Waals surface area (Å²) in [6.45, 7) is 0. The van der Waals surface area contributed by atoms with Gasteiger partial charge in [0.15, 0.2) is 0 Å². The smallest absolute Gasteiger partial charge is 0.138 e. The molecule has 3 heteroatoms. The number of hydrogen-bond acceptors (Lipinski definition) is 2. The van der Waals surface area contributed by atoms with Crippen molar-refractivity contribution in [3.63, 3.8) is 0 Å². The first-order valence-corrected chi connectivity index (χ1v) is 4.98. The summed E-state index contributed by atoms with van der Waals surface area (Å²) in [6, 6.07) is 11.5. The van der Waals surface area contributed by atoms with E-state index in [0.717, 1.165) is 5.56 Å². The van der Waals surface area contributed by atoms with Crippen molar-refractivity contribution in [1.29, 1.82) is 0 Å². The van der Waals surface area contributed by atoms with Gasteiger partial charge in [0.1, 0.15) is 11.6 Å². The third kappa shape index (κ3) is 1.98. The number of benzene rings is 2. The molecule has 82 valence electrons. The van der Waals surface area contributed by atoms with Crippen molar-refractivity contribution >= 4 is 5.69 Å². The average molecular weight is 217 g/mol. The molecular weight excluding hydrogens is 205 g/mol. The van der Waals surface area contributed by atoms with Crippen molar-refractivity contribution in [3.05, 3.63) is 59.4 Å². The molecule has 2 aromatic carbocycles. The Kier molecular flexibility index (Phi) is 2.77. The van der Waals surface area contributed by atoms with Crippen LogP contribution in [0.5, 0.6) is 5.75 Å². The minimum atomic E-state index is -0.259. The van der Waals surface area contributed by atoms with Gasteiger partial charge in [-0.1, -0.05) is 30.3 Å². The predicted molar refractivity (Wildman–Crippen MR) is 61.7 cm³/mol. The summed E-state index contributed by atoms with van der Waals surface area (Å²) in [6.07, 6.45) is 0.382. The molecular formula is C13H12FNO. The number of phenols is 1. The molecule has 0 spiro atoms. The van der Waals surface area contributed by atoms with E-state index in [4.69, 9.17) is 5.73 Å². The van der Waals surface area contributed by atoms with E-state index in [1.165, 1.54) is 12.1 Å². The van der Waals surface area contributed by atoms with Crippen LogP contribution in [0.2, 0.25) is 0 Å². The molecule has 3 N–H and O–H groups in total. The van der Waals surface area contributed by atoms with Crippen LogP contribution in [0.4, 0.5) is 10.1 Å². The van der Waals surface area contributed by atoms with Crippen LogP contribution in [0.3, 0.4) is 0 Å². The van der Waals surface area contributed by atoms with Crippen LogP contribution in [0, 0.1) is 5.82 Å². The number of rotatable bonds is 2. The second-order valence-corrected chi connectivity index (χ2v) is 3.62. The SMILES string of the molecule is Nc1c(O)cccc1Cc1ccccc1F. The van der Waals surface area contributed by atoms with Gasteiger partial charge in [-0.25, -0.2) is 4.39 Å². The highest BCUT2D eigenvalue weighted by Crippen LogP contribution is 2.26. The lowest BCUT2D eigenvalue weighted by molar-refractivity contribution is 0.477. The van der Waals surface area contributed by atoms with Crippen LogP contribution in [-0.2, 0) is 6.42 Å². The van der Waals surface area contributed by atoms with Crippen molar-refractivity contribution in [2.75, 3.05) is 5.73 Å². The first-order valence-electron chi connectivity index (χ1n) is 4.98. The molecule has 2 aromatic rings. The van der Waals surface area contributed by atoms with Crippen molar-refractivity contribution in [2.45, 2.75) is 6.42 Å². The minimum Gasteiger partial charge on any atom is -0.506 e. The molecule has 0 saturated carbocycles. The van der Waals surface area contributed by atoms with Crippen molar-refractivity contribution in [2.24, 2.45) is 0 Å². The first-order chi connectivity index (χ1) is 7.68. The lowest BCUT2D eigenvalue weighted by Gasteiger charge is -2.07. The fraction of sp³-hybridized carbons (Fsp3) is 0.0769. The molecule has 0 aliphatic carbocycles. The lowest BCUT2D eigenvalue weighted by atomic mass is 10.0. The fourth-order valence-electron chi connectivity index (χ4n) is 1.60. The average Bonchev–Trinajstić information content (AvgIpc) is 2.28. The van der Waals surface area contributed by atoms with Crippen LogP contribution in [-0.4, -0.2) is 5.11 Å². The van der Waals surface area contributed by atoms with Crippen LogP contribution < -0.4 is 5.73 Å². The standard InChI is InChI=1S/C13H12FNO/c14-11-6-2-1-4-9(11)8-10-5-3-7-12(16)13(10)15/h1-7,16H,8,15H2. The summed E-state index contributed by atoms with van der Waals surface area (Å²) in [5, 5.41) is 9.43. The Morgan fingerprint density at radius 3 is 2.44 bits per heavy atom. The van der Waals surface area contributed by atoms with E-state index in [0.29, 0.717) is 17.7 Å². The fourth-order valence-corrected chi connectivity index (χ4v) is 1.60. The molecule has 0 bridgehead atoms. The molecule has 0 aliphatic rings. The number of hydrogen-bond donors (Lipinski definition) is 2. The maximum Gasteiger partial charge on any atom is 0.138 e. The molecule has 0 amide bonds. The Morgan fingerprint density at radius 1 is 1.00 bits per heavy atom. The normalized spacial score (nSPS) is 10.3. The molecule has 0 aliphatic heterocycles. The summed E-state index contributed by atoms with van der Waals surface area (Å²) in [5.41, 5.74) is 7.32. The van der Waals surface area contributed by atoms with Gasteiger partial charge in [-0.05, 0) is 23.3 Å². The molecule has 2 rings (SSSR count). The van der Waals surface area contributed by atoms with Crippen LogP contribution in [0.25, 0.3) is 0 Å². The van der Waals surface area contributed by atoms with Gasteiger partial charge in [0.25, 0.3) is 0 Å². The van der Waals surface area contributed by atoms with Crippen LogP contribution in [0.15, 0.2) is 42.5 Å². The first kappa shape index (κ1) is 10.5. The van der Waals surface area contributed by atoms with Crippen molar-refractivity contribution in [3.8, 4) is 5.75 Å². The maximum absolute atomic E-state index is 13.4. The van der Waals surface area contributed by atoms with Gasteiger partial charge in [-0.2, -0.15) is 0 Å². The van der Waals surface area contributed by atoms with E-state index in [2.05, 4.69) is 0 Å². The highest BCUT2D eigenvalue weighted by atomic mass is 19.1. The number of aromatic hydroxyl groups is 1. The highest BCUT2D eigenvalue weighted by Gasteiger charge is 2.07. The molecule has 0 unspecified atom stereocenters. The Balaban J connectivity index is 2.35. The molecule has 0 radical (unpaired) electrons.